The third kappa shape index (κ3) is 3.36. The van der Waals surface area contributed by atoms with Gasteiger partial charge < -0.3 is 9.64 Å². The van der Waals surface area contributed by atoms with Gasteiger partial charge in [0.05, 0.1) is 24.6 Å². The van der Waals surface area contributed by atoms with Crippen LogP contribution in [-0.2, 0) is 4.74 Å². The summed E-state index contributed by atoms with van der Waals surface area (Å²) in [6, 6.07) is 0. The van der Waals surface area contributed by atoms with Crippen molar-refractivity contribution < 1.29 is 9.13 Å². The summed E-state index contributed by atoms with van der Waals surface area (Å²) >= 11 is 0. The highest BCUT2D eigenvalue weighted by Crippen LogP contribution is 2.18. The maximum atomic E-state index is 12.7. The molecule has 2 rings (SSSR count). The third-order valence-corrected chi connectivity index (χ3v) is 2.73. The fourth-order valence-corrected chi connectivity index (χ4v) is 2.08. The molecule has 0 saturated carbocycles. The predicted molar refractivity (Wildman–Crippen MR) is 63.4 cm³/mol. The van der Waals surface area contributed by atoms with E-state index in [1.807, 2.05) is 13.8 Å². The average Bonchev–Trinajstić information content (AvgIpc) is 2.29. The first-order valence-corrected chi connectivity index (χ1v) is 6.03. The fraction of sp³-hybridized carbons (Fsp3) is 0.667. The van der Waals surface area contributed by atoms with E-state index in [1.54, 1.807) is 0 Å². The third-order valence-electron chi connectivity index (χ3n) is 2.73. The molecule has 17 heavy (non-hydrogen) atoms. The Bertz CT molecular complexity index is 355. The average molecular weight is 239 g/mol. The van der Waals surface area contributed by atoms with Gasteiger partial charge in [-0.3, -0.25) is 0 Å². The van der Waals surface area contributed by atoms with Gasteiger partial charge in [0.15, 0.2) is 5.82 Å². The molecule has 0 N–H and O–H groups in total. The van der Waals surface area contributed by atoms with Gasteiger partial charge in [0.25, 0.3) is 0 Å². The predicted octanol–water partition coefficient (Wildman–Crippen LogP) is 2.01. The Morgan fingerprint density at radius 1 is 1.41 bits per heavy atom. The molecular formula is C12H18FN3O. The molecule has 0 radical (unpaired) electrons. The van der Waals surface area contributed by atoms with Crippen LogP contribution >= 0.6 is 0 Å². The number of rotatable bonds is 3. The van der Waals surface area contributed by atoms with E-state index in [2.05, 4.69) is 14.9 Å². The first-order valence-electron chi connectivity index (χ1n) is 6.03. The van der Waals surface area contributed by atoms with Crippen LogP contribution in [-0.4, -0.2) is 35.3 Å². The van der Waals surface area contributed by atoms with Crippen molar-refractivity contribution in [1.29, 1.82) is 0 Å². The maximum absolute atomic E-state index is 12.7. The Kier molecular flexibility index (Phi) is 3.89. The van der Waals surface area contributed by atoms with Gasteiger partial charge in [-0.25, -0.2) is 14.4 Å². The molecule has 1 fully saturated rings. The van der Waals surface area contributed by atoms with Crippen LogP contribution in [0.2, 0.25) is 0 Å². The van der Waals surface area contributed by atoms with Gasteiger partial charge in [-0.2, -0.15) is 0 Å². The maximum Gasteiger partial charge on any atom is 0.225 e. The SMILES string of the molecule is CC(C)OC1CCCN(c2ncc(F)cn2)C1. The van der Waals surface area contributed by atoms with Gasteiger partial charge in [0.1, 0.15) is 0 Å². The number of nitrogens with zero attached hydrogens (tertiary/aromatic N) is 3. The van der Waals surface area contributed by atoms with Crippen molar-refractivity contribution in [3.63, 3.8) is 0 Å². The second-order valence-electron chi connectivity index (χ2n) is 4.60. The molecule has 94 valence electrons. The molecule has 1 aliphatic heterocycles. The number of ether oxygens (including phenoxy) is 1. The van der Waals surface area contributed by atoms with E-state index >= 15 is 0 Å². The Morgan fingerprint density at radius 2 is 2.12 bits per heavy atom. The van der Waals surface area contributed by atoms with Crippen LogP contribution in [0.3, 0.4) is 0 Å². The van der Waals surface area contributed by atoms with Gasteiger partial charge in [-0.05, 0) is 26.7 Å². The lowest BCUT2D eigenvalue weighted by Gasteiger charge is -2.33. The van der Waals surface area contributed by atoms with Crippen molar-refractivity contribution >= 4 is 5.95 Å². The molecule has 1 unspecified atom stereocenters. The minimum atomic E-state index is -0.402. The summed E-state index contributed by atoms with van der Waals surface area (Å²) in [7, 11) is 0. The Hall–Kier alpha value is -1.23. The highest BCUT2D eigenvalue weighted by molar-refractivity contribution is 5.29. The molecule has 0 amide bonds. The van der Waals surface area contributed by atoms with Crippen LogP contribution in [0.25, 0.3) is 0 Å². The smallest absolute Gasteiger partial charge is 0.225 e. The molecule has 1 saturated heterocycles. The number of piperidine rings is 1. The van der Waals surface area contributed by atoms with Gasteiger partial charge in [-0.15, -0.1) is 0 Å². The lowest BCUT2D eigenvalue weighted by Crippen LogP contribution is -2.41. The molecule has 4 nitrogen and oxygen atoms in total. The summed E-state index contributed by atoms with van der Waals surface area (Å²) < 4.78 is 18.5. The summed E-state index contributed by atoms with van der Waals surface area (Å²) in [5, 5.41) is 0. The molecule has 1 atom stereocenters. The monoisotopic (exact) mass is 239 g/mol. The van der Waals surface area contributed by atoms with Crippen LogP contribution in [0.5, 0.6) is 0 Å². The van der Waals surface area contributed by atoms with E-state index in [0.29, 0.717) is 5.95 Å². The minimum Gasteiger partial charge on any atom is -0.374 e. The van der Waals surface area contributed by atoms with Crippen LogP contribution < -0.4 is 4.90 Å². The molecular weight excluding hydrogens is 221 g/mol. The summed E-state index contributed by atoms with van der Waals surface area (Å²) in [6.07, 6.45) is 4.98. The van der Waals surface area contributed by atoms with E-state index in [9.17, 15) is 4.39 Å². The molecule has 2 heterocycles. The van der Waals surface area contributed by atoms with E-state index in [4.69, 9.17) is 4.74 Å². The highest BCUT2D eigenvalue weighted by atomic mass is 19.1. The van der Waals surface area contributed by atoms with Crippen LogP contribution in [0.1, 0.15) is 26.7 Å². The zero-order chi connectivity index (χ0) is 12.3. The number of hydrogen-bond acceptors (Lipinski definition) is 4. The molecule has 1 aromatic heterocycles. The Morgan fingerprint density at radius 3 is 2.76 bits per heavy atom. The van der Waals surface area contributed by atoms with Crippen molar-refractivity contribution in [3.05, 3.63) is 18.2 Å². The van der Waals surface area contributed by atoms with Crippen molar-refractivity contribution in [1.82, 2.24) is 9.97 Å². The Balaban J connectivity index is 1.99. The molecule has 5 heteroatoms. The first kappa shape index (κ1) is 12.2. The van der Waals surface area contributed by atoms with Crippen molar-refractivity contribution in [2.75, 3.05) is 18.0 Å². The van der Waals surface area contributed by atoms with Crippen LogP contribution in [0.15, 0.2) is 12.4 Å². The van der Waals surface area contributed by atoms with Gasteiger partial charge >= 0.3 is 0 Å². The van der Waals surface area contributed by atoms with Crippen molar-refractivity contribution in [3.8, 4) is 0 Å². The van der Waals surface area contributed by atoms with Gasteiger partial charge in [-0.1, -0.05) is 0 Å². The molecule has 1 aliphatic rings. The molecule has 1 aromatic rings. The van der Waals surface area contributed by atoms with E-state index < -0.39 is 5.82 Å². The summed E-state index contributed by atoms with van der Waals surface area (Å²) in [4.78, 5) is 10.1. The lowest BCUT2D eigenvalue weighted by molar-refractivity contribution is 0.000790. The summed E-state index contributed by atoms with van der Waals surface area (Å²) in [6.45, 7) is 5.76. The second-order valence-corrected chi connectivity index (χ2v) is 4.60. The lowest BCUT2D eigenvalue weighted by atomic mass is 10.1. The largest absolute Gasteiger partial charge is 0.374 e. The number of anilines is 1. The van der Waals surface area contributed by atoms with Gasteiger partial charge in [0.2, 0.25) is 5.95 Å². The molecule has 0 bridgehead atoms. The van der Waals surface area contributed by atoms with Crippen molar-refractivity contribution in [2.45, 2.75) is 38.9 Å². The van der Waals surface area contributed by atoms with Crippen molar-refractivity contribution in [2.24, 2.45) is 0 Å². The highest BCUT2D eigenvalue weighted by Gasteiger charge is 2.22. The second kappa shape index (κ2) is 5.40. The normalized spacial score (nSPS) is 20.9. The standard InChI is InChI=1S/C12H18FN3O/c1-9(2)17-11-4-3-5-16(8-11)12-14-6-10(13)7-15-12/h6-7,9,11H,3-5,8H2,1-2H3. The summed E-state index contributed by atoms with van der Waals surface area (Å²) in [5.41, 5.74) is 0. The molecule has 0 aromatic carbocycles. The zero-order valence-electron chi connectivity index (χ0n) is 10.3. The Labute approximate surface area is 101 Å². The number of aromatic nitrogens is 2. The topological polar surface area (TPSA) is 38.2 Å². The zero-order valence-corrected chi connectivity index (χ0v) is 10.3. The van der Waals surface area contributed by atoms with Gasteiger partial charge in [0, 0.05) is 13.1 Å². The van der Waals surface area contributed by atoms with Crippen LogP contribution in [0.4, 0.5) is 10.3 Å². The minimum absolute atomic E-state index is 0.220. The van der Waals surface area contributed by atoms with E-state index in [-0.39, 0.29) is 12.2 Å². The first-order chi connectivity index (χ1) is 8.15. The van der Waals surface area contributed by atoms with E-state index in [1.165, 1.54) is 12.4 Å². The molecule has 0 aliphatic carbocycles. The van der Waals surface area contributed by atoms with Crippen LogP contribution in [0, 0.1) is 5.82 Å². The fourth-order valence-electron chi connectivity index (χ4n) is 2.08. The number of halogens is 1. The number of hydrogen-bond donors (Lipinski definition) is 0. The summed E-state index contributed by atoms with van der Waals surface area (Å²) in [5.74, 6) is 0.184. The quantitative estimate of drug-likeness (QED) is 0.808. The molecule has 0 spiro atoms. The van der Waals surface area contributed by atoms with E-state index in [0.717, 1.165) is 25.9 Å².